The van der Waals surface area contributed by atoms with Crippen LogP contribution in [0.3, 0.4) is 0 Å². The third-order valence-electron chi connectivity index (χ3n) is 10.2. The first-order valence-electron chi connectivity index (χ1n) is 16.8. The molecule has 0 aromatic heterocycles. The zero-order valence-corrected chi connectivity index (χ0v) is 27.2. The molecule has 0 radical (unpaired) electrons. The number of hydrogen-bond acceptors (Lipinski definition) is 1. The van der Waals surface area contributed by atoms with Gasteiger partial charge >= 0.3 is 0 Å². The van der Waals surface area contributed by atoms with Crippen LogP contribution in [0.1, 0.15) is 25.0 Å². The lowest BCUT2D eigenvalue weighted by Crippen LogP contribution is -2.16. The van der Waals surface area contributed by atoms with Gasteiger partial charge in [-0.3, -0.25) is 0 Å². The maximum Gasteiger partial charge on any atom is 0.0621 e. The van der Waals surface area contributed by atoms with E-state index in [9.17, 15) is 0 Å². The Morgan fingerprint density at radius 1 is 0.396 bits per heavy atom. The monoisotopic (exact) mass is 613 g/mol. The molecular formula is C47H35N. The lowest BCUT2D eigenvalue weighted by Gasteiger charge is -2.30. The zero-order valence-electron chi connectivity index (χ0n) is 27.2. The van der Waals surface area contributed by atoms with Crippen molar-refractivity contribution in [2.75, 3.05) is 4.90 Å². The first-order valence-corrected chi connectivity index (χ1v) is 16.8. The van der Waals surface area contributed by atoms with Crippen molar-refractivity contribution >= 4 is 38.6 Å². The summed E-state index contributed by atoms with van der Waals surface area (Å²) in [5, 5.41) is 5.02. The maximum absolute atomic E-state index is 2.47. The topological polar surface area (TPSA) is 3.24 Å². The summed E-state index contributed by atoms with van der Waals surface area (Å²) in [6.45, 7) is 4.73. The zero-order chi connectivity index (χ0) is 32.2. The van der Waals surface area contributed by atoms with Gasteiger partial charge in [-0.05, 0) is 85.4 Å². The van der Waals surface area contributed by atoms with E-state index in [4.69, 9.17) is 0 Å². The van der Waals surface area contributed by atoms with Crippen molar-refractivity contribution < 1.29 is 0 Å². The van der Waals surface area contributed by atoms with Crippen LogP contribution in [0, 0.1) is 0 Å². The minimum atomic E-state index is -0.110. The van der Waals surface area contributed by atoms with Crippen molar-refractivity contribution in [2.45, 2.75) is 19.3 Å². The summed E-state index contributed by atoms with van der Waals surface area (Å²) in [5.74, 6) is 0. The molecule has 9 rings (SSSR count). The molecule has 0 heterocycles. The van der Waals surface area contributed by atoms with Crippen LogP contribution in [0.2, 0.25) is 0 Å². The summed E-state index contributed by atoms with van der Waals surface area (Å²) in [4.78, 5) is 2.47. The van der Waals surface area contributed by atoms with Crippen LogP contribution < -0.4 is 4.90 Å². The molecule has 0 spiro atoms. The van der Waals surface area contributed by atoms with E-state index >= 15 is 0 Å². The molecule has 228 valence electrons. The number of anilines is 3. The highest BCUT2D eigenvalue weighted by atomic mass is 15.1. The van der Waals surface area contributed by atoms with Crippen molar-refractivity contribution in [3.8, 4) is 33.4 Å². The summed E-state index contributed by atoms with van der Waals surface area (Å²) >= 11 is 0. The van der Waals surface area contributed by atoms with Crippen LogP contribution >= 0.6 is 0 Å². The van der Waals surface area contributed by atoms with Crippen molar-refractivity contribution in [3.63, 3.8) is 0 Å². The van der Waals surface area contributed by atoms with Gasteiger partial charge < -0.3 is 4.90 Å². The molecule has 8 aromatic carbocycles. The van der Waals surface area contributed by atoms with Crippen LogP contribution in [0.4, 0.5) is 17.1 Å². The molecule has 0 fully saturated rings. The Morgan fingerprint density at radius 3 is 1.77 bits per heavy atom. The highest BCUT2D eigenvalue weighted by molar-refractivity contribution is 6.10. The number of rotatable bonds is 5. The van der Waals surface area contributed by atoms with Gasteiger partial charge in [-0.2, -0.15) is 0 Å². The quantitative estimate of drug-likeness (QED) is 0.187. The van der Waals surface area contributed by atoms with Gasteiger partial charge in [0.05, 0.1) is 5.69 Å². The fraction of sp³-hybridized carbons (Fsp3) is 0.0638. The van der Waals surface area contributed by atoms with Crippen LogP contribution in [-0.4, -0.2) is 0 Å². The van der Waals surface area contributed by atoms with E-state index in [0.717, 1.165) is 11.4 Å². The smallest absolute Gasteiger partial charge is 0.0621 e. The highest BCUT2D eigenvalue weighted by Crippen LogP contribution is 2.56. The number of benzene rings is 8. The van der Waals surface area contributed by atoms with E-state index in [2.05, 4.69) is 195 Å². The minimum Gasteiger partial charge on any atom is -0.309 e. The summed E-state index contributed by atoms with van der Waals surface area (Å²) < 4.78 is 0. The molecule has 1 heteroatoms. The van der Waals surface area contributed by atoms with E-state index in [1.54, 1.807) is 0 Å². The fourth-order valence-corrected chi connectivity index (χ4v) is 7.92. The first-order chi connectivity index (χ1) is 23.6. The Kier molecular flexibility index (Phi) is 6.55. The third-order valence-corrected chi connectivity index (χ3v) is 10.2. The van der Waals surface area contributed by atoms with Crippen molar-refractivity contribution in [3.05, 3.63) is 187 Å². The normalized spacial score (nSPS) is 13.0. The third kappa shape index (κ3) is 4.39. The molecule has 1 aliphatic rings. The second-order valence-electron chi connectivity index (χ2n) is 13.3. The van der Waals surface area contributed by atoms with Gasteiger partial charge in [0.2, 0.25) is 0 Å². The van der Waals surface area contributed by atoms with Gasteiger partial charge in [-0.15, -0.1) is 0 Å². The predicted molar refractivity (Wildman–Crippen MR) is 205 cm³/mol. The second kappa shape index (κ2) is 11.1. The molecule has 48 heavy (non-hydrogen) atoms. The van der Waals surface area contributed by atoms with E-state index in [1.807, 2.05) is 0 Å². The average molecular weight is 614 g/mol. The second-order valence-corrected chi connectivity index (χ2v) is 13.3. The molecule has 0 N–H and O–H groups in total. The fourth-order valence-electron chi connectivity index (χ4n) is 7.92. The Morgan fingerprint density at radius 2 is 1.00 bits per heavy atom. The summed E-state index contributed by atoms with van der Waals surface area (Å²) in [6, 6.07) is 64.3. The van der Waals surface area contributed by atoms with Crippen LogP contribution in [0.25, 0.3) is 54.9 Å². The number of nitrogens with zero attached hydrogens (tertiary/aromatic N) is 1. The van der Waals surface area contributed by atoms with Crippen LogP contribution in [0.5, 0.6) is 0 Å². The Hall–Kier alpha value is -5.92. The highest BCUT2D eigenvalue weighted by Gasteiger charge is 2.38. The average Bonchev–Trinajstić information content (AvgIpc) is 3.37. The Balaban J connectivity index is 1.28. The molecule has 0 saturated carbocycles. The first kappa shape index (κ1) is 28.3. The van der Waals surface area contributed by atoms with E-state index in [0.29, 0.717) is 0 Å². The number of para-hydroxylation sites is 1. The summed E-state index contributed by atoms with van der Waals surface area (Å²) in [6.07, 6.45) is 0. The predicted octanol–water partition coefficient (Wildman–Crippen LogP) is 13.1. The van der Waals surface area contributed by atoms with Crippen molar-refractivity contribution in [1.29, 1.82) is 0 Å². The summed E-state index contributed by atoms with van der Waals surface area (Å²) in [7, 11) is 0. The molecule has 0 bridgehead atoms. The van der Waals surface area contributed by atoms with Gasteiger partial charge in [0.15, 0.2) is 0 Å². The van der Waals surface area contributed by atoms with E-state index in [-0.39, 0.29) is 5.41 Å². The van der Waals surface area contributed by atoms with Crippen molar-refractivity contribution in [2.24, 2.45) is 0 Å². The lowest BCUT2D eigenvalue weighted by atomic mass is 9.81. The minimum absolute atomic E-state index is 0.110. The standard InChI is InChI=1S/C47H35N/c1-47(2)42-24-14-13-23-41(42)45-43(47)31-35-18-10-12-22-40(35)46(45)48(36-19-7-4-8-20-36)37-28-25-33(26-29-37)39-30-27-32-15-9-11-21-38(32)44(39)34-16-5-3-6-17-34/h3-31H,1-2H3. The largest absolute Gasteiger partial charge is 0.309 e. The molecule has 8 aromatic rings. The maximum atomic E-state index is 2.47. The van der Waals surface area contributed by atoms with Gasteiger partial charge in [-0.25, -0.2) is 0 Å². The van der Waals surface area contributed by atoms with Crippen LogP contribution in [0.15, 0.2) is 176 Å². The Bertz CT molecular complexity index is 2460. The molecule has 0 amide bonds. The van der Waals surface area contributed by atoms with Gasteiger partial charge in [0, 0.05) is 27.7 Å². The van der Waals surface area contributed by atoms with Crippen molar-refractivity contribution in [1.82, 2.24) is 0 Å². The Labute approximate surface area is 282 Å². The lowest BCUT2D eigenvalue weighted by molar-refractivity contribution is 0.661. The number of hydrogen-bond donors (Lipinski definition) is 0. The number of fused-ring (bicyclic) bond motifs is 5. The van der Waals surface area contributed by atoms with Gasteiger partial charge in [-0.1, -0.05) is 159 Å². The van der Waals surface area contributed by atoms with Crippen LogP contribution in [-0.2, 0) is 5.41 Å². The molecular weight excluding hydrogens is 579 g/mol. The van der Waals surface area contributed by atoms with E-state index in [1.165, 1.54) is 71.7 Å². The molecule has 1 aliphatic carbocycles. The molecule has 0 aliphatic heterocycles. The molecule has 0 atom stereocenters. The molecule has 0 saturated heterocycles. The summed E-state index contributed by atoms with van der Waals surface area (Å²) in [5.41, 5.74) is 13.7. The molecule has 1 nitrogen and oxygen atoms in total. The van der Waals surface area contributed by atoms with E-state index < -0.39 is 0 Å². The SMILES string of the molecule is CC1(C)c2ccccc2-c2c1cc1ccccc1c2N(c1ccccc1)c1ccc(-c2ccc3ccccc3c2-c2ccccc2)cc1. The van der Waals surface area contributed by atoms with Gasteiger partial charge in [0.1, 0.15) is 0 Å². The van der Waals surface area contributed by atoms with Gasteiger partial charge in [0.25, 0.3) is 0 Å². The molecule has 0 unspecified atom stereocenters.